The molecule has 0 spiro atoms. The highest BCUT2D eigenvalue weighted by Crippen LogP contribution is 2.49. The summed E-state index contributed by atoms with van der Waals surface area (Å²) >= 11 is 0. The number of rotatable bonds is 11. The molecule has 6 N–H and O–H groups in total. The second-order valence-corrected chi connectivity index (χ2v) is 18.8. The number of esters is 2. The number of aliphatic hydroxyl groups excluding tert-OH is 3. The Balaban J connectivity index is 1.81. The Morgan fingerprint density at radius 2 is 1.46 bits per heavy atom. The van der Waals surface area contributed by atoms with E-state index in [1.807, 2.05) is 6.92 Å². The maximum absolute atomic E-state index is 14.6. The Morgan fingerprint density at radius 3 is 2.02 bits per heavy atom. The van der Waals surface area contributed by atoms with E-state index in [1.54, 1.807) is 62.3 Å². The second-order valence-electron chi connectivity index (χ2n) is 18.8. The minimum absolute atomic E-state index is 0.0429. The Kier molecular flexibility index (Phi) is 16.5. The number of hydrogen-bond donors (Lipinski definition) is 6. The van der Waals surface area contributed by atoms with Crippen LogP contribution in [0.3, 0.4) is 0 Å². The zero-order chi connectivity index (χ0) is 44.7. The zero-order valence-electron chi connectivity index (χ0n) is 37.3. The fourth-order valence-electron chi connectivity index (χ4n) is 9.68. The van der Waals surface area contributed by atoms with Crippen molar-refractivity contribution in [3.63, 3.8) is 0 Å². The van der Waals surface area contributed by atoms with Gasteiger partial charge in [-0.3, -0.25) is 4.79 Å². The van der Waals surface area contributed by atoms with Gasteiger partial charge in [-0.05, 0) is 52.9 Å². The van der Waals surface area contributed by atoms with Crippen molar-refractivity contribution in [2.75, 3.05) is 20.8 Å². The molecular formula is C42H74O17. The van der Waals surface area contributed by atoms with Gasteiger partial charge in [-0.2, -0.15) is 0 Å². The molecule has 0 aliphatic carbocycles. The fourth-order valence-corrected chi connectivity index (χ4v) is 9.68. The number of carbonyl (C=O) groups excluding carboxylic acids is 2. The van der Waals surface area contributed by atoms with Gasteiger partial charge in [0.25, 0.3) is 0 Å². The van der Waals surface area contributed by atoms with E-state index in [4.69, 9.17) is 42.6 Å². The Hall–Kier alpha value is -1.58. The maximum Gasteiger partial charge on any atom is 0.335 e. The van der Waals surface area contributed by atoms with Gasteiger partial charge in [-0.1, -0.05) is 48.5 Å². The number of hydrogen-bond acceptors (Lipinski definition) is 17. The second kappa shape index (κ2) is 19.4. The van der Waals surface area contributed by atoms with E-state index < -0.39 is 150 Å². The summed E-state index contributed by atoms with van der Waals surface area (Å²) in [6.07, 6.45) is -13.2. The van der Waals surface area contributed by atoms with Crippen molar-refractivity contribution in [1.82, 2.24) is 0 Å². The summed E-state index contributed by atoms with van der Waals surface area (Å²) in [5.74, 6) is -9.45. The number of fused-ring (bicyclic) bond motifs is 2. The van der Waals surface area contributed by atoms with E-state index in [2.05, 4.69) is 0 Å². The van der Waals surface area contributed by atoms with Gasteiger partial charge in [-0.25, -0.2) is 4.79 Å². The number of ether oxygens (including phenoxy) is 9. The average molecular weight is 851 g/mol. The molecule has 17 heteroatoms. The molecule has 0 aromatic heterocycles. The predicted octanol–water partition coefficient (Wildman–Crippen LogP) is 1.67. The molecular weight excluding hydrogens is 776 g/mol. The summed E-state index contributed by atoms with van der Waals surface area (Å²) in [5.41, 5.74) is -3.46. The molecule has 344 valence electrons. The molecule has 0 radical (unpaired) electrons. The van der Waals surface area contributed by atoms with Gasteiger partial charge in [-0.15, -0.1) is 0 Å². The summed E-state index contributed by atoms with van der Waals surface area (Å²) in [6, 6.07) is 0. The van der Waals surface area contributed by atoms with Gasteiger partial charge in [0.05, 0.1) is 48.5 Å². The third kappa shape index (κ3) is 10.3. The minimum atomic E-state index is -2.36. The number of methoxy groups -OCH3 is 2. The molecule has 0 saturated carbocycles. The third-order valence-corrected chi connectivity index (χ3v) is 13.5. The molecule has 0 aromatic carbocycles. The summed E-state index contributed by atoms with van der Waals surface area (Å²) in [5, 5.41) is 68.0. The Bertz CT molecular complexity index is 1390. The number of cyclic esters (lactones) is 1. The van der Waals surface area contributed by atoms with E-state index >= 15 is 0 Å². The van der Waals surface area contributed by atoms with Crippen LogP contribution in [0.5, 0.6) is 0 Å². The maximum atomic E-state index is 14.6. The fraction of sp³-hybridized carbons (Fsp3) is 0.952. The normalized spacial score (nSPS) is 48.6. The average Bonchev–Trinajstić information content (AvgIpc) is 3.16. The molecule has 14 unspecified atom stereocenters. The van der Waals surface area contributed by atoms with Crippen molar-refractivity contribution in [3.05, 3.63) is 0 Å². The Morgan fingerprint density at radius 1 is 0.847 bits per heavy atom. The van der Waals surface area contributed by atoms with Crippen LogP contribution in [0.1, 0.15) is 95.9 Å². The van der Waals surface area contributed by atoms with Crippen LogP contribution in [0, 0.1) is 41.4 Å². The van der Waals surface area contributed by atoms with Gasteiger partial charge in [0, 0.05) is 38.4 Å². The minimum Gasteiger partial charge on any atom is -0.461 e. The molecule has 59 heavy (non-hydrogen) atoms. The lowest BCUT2D eigenvalue weighted by Crippen LogP contribution is -2.69. The smallest absolute Gasteiger partial charge is 0.335 e. The first kappa shape index (κ1) is 50.1. The third-order valence-electron chi connectivity index (χ3n) is 13.5. The van der Waals surface area contributed by atoms with Gasteiger partial charge < -0.3 is 73.3 Å². The molecule has 0 amide bonds. The van der Waals surface area contributed by atoms with Gasteiger partial charge in [0.2, 0.25) is 5.79 Å². The molecule has 4 aliphatic rings. The summed E-state index contributed by atoms with van der Waals surface area (Å²) < 4.78 is 55.1. The van der Waals surface area contributed by atoms with Crippen LogP contribution in [-0.2, 0) is 52.2 Å². The molecule has 4 saturated heterocycles. The lowest BCUT2D eigenvalue weighted by atomic mass is 9.68. The number of carbonyl (C=O) groups is 2. The standard InChI is InChI=1S/C42H74O17/c1-18(2)28(43)38(47)58-33-21(5)30(20(4)17-53-39-35(52-14)34(51-13)29(44)25(9)55-39)57-37(46)23(7)32(56-27-16-40(11,48)36(45)26(10)54-27)22(6)31-19(3)15-41(12,49)42(50,59-31)24(33)8/h18-36,39,43-45,48-50H,15-17H2,1-14H3/t19-,20?,21-,22+,23?,24+,25?,26?,27?,28?,29?,30+,31?,32-,33-,34?,35?,36?,39?,40?,41-,42?/m0/s1. The Labute approximate surface area is 349 Å². The SMILES string of the molecule is COC1C(OCC(C)[C@H]2OC(=O)C(C)[C@@H](OC3CC(C)(O)C(O)C(C)O3)[C@H](C)C3OC(O)([C@H](C)[C@@H](OC(=O)C(O)C(C)C)[C@H]2C)[C@@](C)(O)C[C@@H]3C)OC(C)C(O)C1OC. The molecule has 4 fully saturated rings. The molecule has 4 aliphatic heterocycles. The van der Waals surface area contributed by atoms with Crippen molar-refractivity contribution >= 4 is 11.9 Å². The molecule has 22 atom stereocenters. The van der Waals surface area contributed by atoms with Crippen molar-refractivity contribution in [1.29, 1.82) is 0 Å². The highest BCUT2D eigenvalue weighted by Gasteiger charge is 2.62. The van der Waals surface area contributed by atoms with Crippen molar-refractivity contribution < 1.29 is 82.9 Å². The lowest BCUT2D eigenvalue weighted by molar-refractivity contribution is -0.387. The molecule has 2 bridgehead atoms. The van der Waals surface area contributed by atoms with Gasteiger partial charge in [0.1, 0.15) is 42.2 Å². The number of aliphatic hydroxyl groups is 6. The van der Waals surface area contributed by atoms with Gasteiger partial charge in [0.15, 0.2) is 18.7 Å². The monoisotopic (exact) mass is 850 g/mol. The summed E-state index contributed by atoms with van der Waals surface area (Å²) in [4.78, 5) is 28.2. The first-order valence-electron chi connectivity index (χ1n) is 21.2. The van der Waals surface area contributed by atoms with Crippen molar-refractivity contribution in [2.24, 2.45) is 41.4 Å². The van der Waals surface area contributed by atoms with Crippen LogP contribution >= 0.6 is 0 Å². The van der Waals surface area contributed by atoms with Crippen LogP contribution in [-0.4, -0.2) is 160 Å². The summed E-state index contributed by atoms with van der Waals surface area (Å²) in [7, 11) is 2.88. The van der Waals surface area contributed by atoms with Crippen LogP contribution in [0.2, 0.25) is 0 Å². The van der Waals surface area contributed by atoms with Crippen molar-refractivity contribution in [2.45, 2.75) is 193 Å². The quantitative estimate of drug-likeness (QED) is 0.162. The highest BCUT2D eigenvalue weighted by atomic mass is 16.7. The van der Waals surface area contributed by atoms with Crippen LogP contribution < -0.4 is 0 Å². The van der Waals surface area contributed by atoms with Crippen molar-refractivity contribution in [3.8, 4) is 0 Å². The van der Waals surface area contributed by atoms with Crippen LogP contribution in [0.15, 0.2) is 0 Å². The molecule has 17 nitrogen and oxygen atoms in total. The largest absolute Gasteiger partial charge is 0.461 e. The van der Waals surface area contributed by atoms with Crippen LogP contribution in [0.4, 0.5) is 0 Å². The molecule has 4 rings (SSSR count). The summed E-state index contributed by atoms with van der Waals surface area (Å²) in [6.45, 7) is 19.7. The predicted molar refractivity (Wildman–Crippen MR) is 209 cm³/mol. The van der Waals surface area contributed by atoms with Gasteiger partial charge >= 0.3 is 11.9 Å². The van der Waals surface area contributed by atoms with E-state index in [1.165, 1.54) is 28.1 Å². The van der Waals surface area contributed by atoms with E-state index in [-0.39, 0.29) is 19.4 Å². The van der Waals surface area contributed by atoms with Crippen LogP contribution in [0.25, 0.3) is 0 Å². The molecule has 0 aromatic rings. The van der Waals surface area contributed by atoms with E-state index in [0.29, 0.717) is 0 Å². The topological polar surface area (TPSA) is 239 Å². The first-order chi connectivity index (χ1) is 27.2. The highest BCUT2D eigenvalue weighted by molar-refractivity contribution is 5.75. The van der Waals surface area contributed by atoms with E-state index in [9.17, 15) is 40.2 Å². The molecule has 4 heterocycles. The lowest BCUT2D eigenvalue weighted by Gasteiger charge is -2.56. The first-order valence-corrected chi connectivity index (χ1v) is 21.2. The van der Waals surface area contributed by atoms with E-state index in [0.717, 1.165) is 0 Å². The zero-order valence-corrected chi connectivity index (χ0v) is 37.3.